The normalized spacial score (nSPS) is 13.4. The average molecular weight is 783 g/mol. The third kappa shape index (κ3) is 15.2. The Labute approximate surface area is 324 Å². The van der Waals surface area contributed by atoms with Crippen LogP contribution in [0.4, 0.5) is 4.79 Å². The number of rotatable bonds is 24. The molecule has 1 atom stereocenters. The molecule has 1 saturated heterocycles. The van der Waals surface area contributed by atoms with Gasteiger partial charge < -0.3 is 40.7 Å². The molecular weight excluding hydrogens is 732 g/mol. The van der Waals surface area contributed by atoms with Crippen LogP contribution in [0.3, 0.4) is 0 Å². The fourth-order valence-corrected chi connectivity index (χ4v) is 5.44. The number of ether oxygens (including phenoxy) is 2. The molecule has 0 saturated carbocycles. The zero-order chi connectivity index (χ0) is 40.8. The van der Waals surface area contributed by atoms with E-state index in [1.165, 1.54) is 24.3 Å². The lowest BCUT2D eigenvalue weighted by atomic mass is 9.77. The van der Waals surface area contributed by atoms with Gasteiger partial charge in [-0.05, 0) is 56.0 Å². The highest BCUT2D eigenvalue weighted by Crippen LogP contribution is 2.30. The maximum atomic E-state index is 13.0. The first-order valence-electron chi connectivity index (χ1n) is 18.4. The predicted octanol–water partition coefficient (Wildman–Crippen LogP) is 0.977. The molecule has 18 heteroatoms. The van der Waals surface area contributed by atoms with Gasteiger partial charge in [0.05, 0.1) is 37.4 Å². The number of hydroxylamine groups is 2. The zero-order valence-corrected chi connectivity index (χ0v) is 31.4. The number of carbonyl (C=O) groups excluding carboxylic acids is 8. The number of amides is 8. The van der Waals surface area contributed by atoms with Crippen LogP contribution in [0.25, 0.3) is 0 Å². The number of hydrogen-bond acceptors (Lipinski definition) is 12. The van der Waals surface area contributed by atoms with Crippen molar-refractivity contribution in [2.45, 2.75) is 63.7 Å². The van der Waals surface area contributed by atoms with Crippen LogP contribution in [0.1, 0.15) is 84.6 Å². The molecule has 56 heavy (non-hydrogen) atoms. The highest BCUT2D eigenvalue weighted by Gasteiger charge is 2.36. The van der Waals surface area contributed by atoms with E-state index in [-0.39, 0.29) is 94.0 Å². The van der Waals surface area contributed by atoms with Gasteiger partial charge in [-0.2, -0.15) is 0 Å². The number of imide groups is 2. The van der Waals surface area contributed by atoms with Crippen molar-refractivity contribution < 1.29 is 57.8 Å². The standard InChI is InChI=1S/C38H50N6O12/c1-38(29-8-3-2-4-9-29,36(52)43-37(53)42-26-45)18-5-6-19-39-30(46)10-7-11-31(47)40-20-22-54-24-25-55-23-21-41-34(50)27-12-14-28(15-13-27)35(51)56-44-32(48)16-17-33(44)49/h2-4,8-9,12-15,45H,5-7,10-11,16-26H2,1H3,(H,39,46)(H,40,47)(H,41,50)(H2,42,43,52,53). The number of unbranched alkanes of at least 4 members (excludes halogenated alkanes) is 1. The monoisotopic (exact) mass is 782 g/mol. The number of nitrogens with one attached hydrogen (secondary N) is 5. The maximum absolute atomic E-state index is 13.0. The van der Waals surface area contributed by atoms with Gasteiger partial charge in [0.2, 0.25) is 17.7 Å². The quantitative estimate of drug-likeness (QED) is 0.0496. The van der Waals surface area contributed by atoms with Crippen molar-refractivity contribution in [2.24, 2.45) is 0 Å². The lowest BCUT2D eigenvalue weighted by molar-refractivity contribution is -0.172. The van der Waals surface area contributed by atoms with Gasteiger partial charge in [0.25, 0.3) is 17.7 Å². The Morgan fingerprint density at radius 2 is 1.27 bits per heavy atom. The lowest BCUT2D eigenvalue weighted by Crippen LogP contribution is -2.48. The molecule has 0 spiro atoms. The molecule has 3 rings (SSSR count). The van der Waals surface area contributed by atoms with Gasteiger partial charge in [-0.1, -0.05) is 36.8 Å². The van der Waals surface area contributed by atoms with Crippen molar-refractivity contribution in [1.82, 2.24) is 31.6 Å². The number of nitrogens with zero attached hydrogens (tertiary/aromatic N) is 1. The van der Waals surface area contributed by atoms with E-state index < -0.39 is 41.9 Å². The topological polar surface area (TPSA) is 248 Å². The Kier molecular flexibility index (Phi) is 19.1. The number of hydrogen-bond donors (Lipinski definition) is 6. The summed E-state index contributed by atoms with van der Waals surface area (Å²) in [4.78, 5) is 102. The Balaban J connectivity index is 1.16. The molecule has 18 nitrogen and oxygen atoms in total. The van der Waals surface area contributed by atoms with Gasteiger partial charge in [0, 0.05) is 50.9 Å². The summed E-state index contributed by atoms with van der Waals surface area (Å²) in [6.07, 6.45) is 2.31. The maximum Gasteiger partial charge on any atom is 0.363 e. The summed E-state index contributed by atoms with van der Waals surface area (Å²) in [6, 6.07) is 13.8. The molecule has 2 aromatic rings. The zero-order valence-electron chi connectivity index (χ0n) is 31.4. The minimum Gasteiger partial charge on any atom is -0.377 e. The van der Waals surface area contributed by atoms with Crippen LogP contribution in [0, 0.1) is 0 Å². The van der Waals surface area contributed by atoms with Crippen LogP contribution >= 0.6 is 0 Å². The van der Waals surface area contributed by atoms with E-state index in [9.17, 15) is 38.4 Å². The molecular formula is C38H50N6O12. The Morgan fingerprint density at radius 3 is 1.88 bits per heavy atom. The minimum atomic E-state index is -1.00. The second-order valence-corrected chi connectivity index (χ2v) is 12.8. The van der Waals surface area contributed by atoms with E-state index in [2.05, 4.69) is 26.6 Å². The number of aliphatic hydroxyl groups is 1. The summed E-state index contributed by atoms with van der Waals surface area (Å²) in [5.41, 5.74) is 0.0911. The van der Waals surface area contributed by atoms with Crippen LogP contribution in [0.2, 0.25) is 0 Å². The third-order valence-electron chi connectivity index (χ3n) is 8.65. The molecule has 0 bridgehead atoms. The Morgan fingerprint density at radius 1 is 0.696 bits per heavy atom. The molecule has 1 fully saturated rings. The fourth-order valence-electron chi connectivity index (χ4n) is 5.44. The second kappa shape index (κ2) is 23.9. The van der Waals surface area contributed by atoms with Gasteiger partial charge in [-0.3, -0.25) is 34.1 Å². The van der Waals surface area contributed by atoms with Gasteiger partial charge in [0.15, 0.2) is 0 Å². The molecule has 0 aromatic heterocycles. The summed E-state index contributed by atoms with van der Waals surface area (Å²) in [7, 11) is 0. The molecule has 0 radical (unpaired) electrons. The van der Waals surface area contributed by atoms with Gasteiger partial charge in [-0.15, -0.1) is 5.06 Å². The van der Waals surface area contributed by atoms with Crippen LogP contribution in [-0.4, -0.2) is 110 Å². The summed E-state index contributed by atoms with van der Waals surface area (Å²) in [5, 5.41) is 22.0. The predicted molar refractivity (Wildman–Crippen MR) is 198 cm³/mol. The minimum absolute atomic E-state index is 0.0119. The summed E-state index contributed by atoms with van der Waals surface area (Å²) >= 11 is 0. The number of aliphatic hydroxyl groups excluding tert-OH is 1. The molecule has 2 aromatic carbocycles. The van der Waals surface area contributed by atoms with E-state index >= 15 is 0 Å². The first kappa shape index (κ1) is 44.7. The molecule has 1 unspecified atom stereocenters. The molecule has 304 valence electrons. The number of carbonyl (C=O) groups is 8. The van der Waals surface area contributed by atoms with Crippen LogP contribution in [-0.2, 0) is 43.7 Å². The molecule has 0 aliphatic carbocycles. The van der Waals surface area contributed by atoms with E-state index in [1.807, 2.05) is 18.2 Å². The second-order valence-electron chi connectivity index (χ2n) is 12.8. The smallest absolute Gasteiger partial charge is 0.363 e. The van der Waals surface area contributed by atoms with E-state index in [1.54, 1.807) is 19.1 Å². The van der Waals surface area contributed by atoms with Crippen molar-refractivity contribution in [3.63, 3.8) is 0 Å². The first-order chi connectivity index (χ1) is 26.9. The molecule has 1 aliphatic rings. The average Bonchev–Trinajstić information content (AvgIpc) is 3.50. The highest BCUT2D eigenvalue weighted by molar-refractivity contribution is 6.03. The summed E-state index contributed by atoms with van der Waals surface area (Å²) in [5.74, 6) is -3.33. The van der Waals surface area contributed by atoms with Crippen molar-refractivity contribution >= 4 is 47.4 Å². The van der Waals surface area contributed by atoms with Crippen LogP contribution in [0.5, 0.6) is 0 Å². The fraction of sp³-hybridized carbons (Fsp3) is 0.474. The van der Waals surface area contributed by atoms with E-state index in [4.69, 9.17) is 19.4 Å². The van der Waals surface area contributed by atoms with Crippen LogP contribution < -0.4 is 26.6 Å². The van der Waals surface area contributed by atoms with Crippen molar-refractivity contribution in [3.05, 3.63) is 71.3 Å². The summed E-state index contributed by atoms with van der Waals surface area (Å²) in [6.45, 7) is 3.08. The van der Waals surface area contributed by atoms with Crippen molar-refractivity contribution in [1.29, 1.82) is 0 Å². The van der Waals surface area contributed by atoms with Crippen LogP contribution in [0.15, 0.2) is 54.6 Å². The molecule has 6 N–H and O–H groups in total. The number of urea groups is 1. The Hall–Kier alpha value is -5.72. The Bertz CT molecular complexity index is 1640. The highest BCUT2D eigenvalue weighted by atomic mass is 16.7. The van der Waals surface area contributed by atoms with Gasteiger partial charge in [-0.25, -0.2) is 9.59 Å². The van der Waals surface area contributed by atoms with Crippen molar-refractivity contribution in [2.75, 3.05) is 52.8 Å². The number of benzene rings is 2. The first-order valence-corrected chi connectivity index (χ1v) is 18.4. The molecule has 1 aliphatic heterocycles. The third-order valence-corrected chi connectivity index (χ3v) is 8.65. The summed E-state index contributed by atoms with van der Waals surface area (Å²) < 4.78 is 10.9. The van der Waals surface area contributed by atoms with Crippen molar-refractivity contribution in [3.8, 4) is 0 Å². The SMILES string of the molecule is CC(CCCCNC(=O)CCCC(=O)NCCOCCOCCNC(=O)c1ccc(C(=O)ON2C(=O)CCC2=O)cc1)(C(=O)NC(=O)NCO)c1ccccc1. The van der Waals surface area contributed by atoms with Gasteiger partial charge >= 0.3 is 12.0 Å². The molecule has 8 amide bonds. The molecule has 1 heterocycles. The van der Waals surface area contributed by atoms with E-state index in [0.717, 1.165) is 5.56 Å². The largest absolute Gasteiger partial charge is 0.377 e. The van der Waals surface area contributed by atoms with Gasteiger partial charge in [0.1, 0.15) is 6.73 Å². The lowest BCUT2D eigenvalue weighted by Gasteiger charge is -2.28. The van der Waals surface area contributed by atoms with E-state index in [0.29, 0.717) is 37.3 Å².